The predicted molar refractivity (Wildman–Crippen MR) is 123 cm³/mol. The average Bonchev–Trinajstić information content (AvgIpc) is 3.00. The number of pyridine rings is 2. The van der Waals surface area contributed by atoms with E-state index in [1.807, 2.05) is 75.0 Å². The van der Waals surface area contributed by atoms with Gasteiger partial charge in [-0.2, -0.15) is 5.10 Å². The fourth-order valence-corrected chi connectivity index (χ4v) is 4.00. The molecule has 31 heavy (non-hydrogen) atoms. The fourth-order valence-electron chi connectivity index (χ4n) is 4.00. The Balaban J connectivity index is 1.69. The highest BCUT2D eigenvalue weighted by molar-refractivity contribution is 6.07. The van der Waals surface area contributed by atoms with E-state index in [2.05, 4.69) is 22.3 Å². The molecule has 1 aromatic carbocycles. The second-order valence-electron chi connectivity index (χ2n) is 8.09. The van der Waals surface area contributed by atoms with Gasteiger partial charge in [0.2, 0.25) is 0 Å². The van der Waals surface area contributed by atoms with E-state index < -0.39 is 0 Å². The van der Waals surface area contributed by atoms with Gasteiger partial charge in [-0.15, -0.1) is 0 Å². The van der Waals surface area contributed by atoms with E-state index in [4.69, 9.17) is 4.98 Å². The zero-order valence-corrected chi connectivity index (χ0v) is 18.6. The first-order valence-electron chi connectivity index (χ1n) is 10.5. The molecule has 6 nitrogen and oxygen atoms in total. The highest BCUT2D eigenvalue weighted by Gasteiger charge is 2.19. The maximum atomic E-state index is 13.3. The number of carbonyl (C=O) groups excluding carboxylic acids is 1. The Morgan fingerprint density at radius 1 is 1.10 bits per heavy atom. The maximum absolute atomic E-state index is 13.3. The van der Waals surface area contributed by atoms with Crippen LogP contribution in [0.25, 0.3) is 22.3 Å². The van der Waals surface area contributed by atoms with Gasteiger partial charge in [0.05, 0.1) is 28.2 Å². The summed E-state index contributed by atoms with van der Waals surface area (Å²) in [6.45, 7) is 8.10. The van der Waals surface area contributed by atoms with Crippen molar-refractivity contribution in [1.82, 2.24) is 25.1 Å². The van der Waals surface area contributed by atoms with E-state index in [0.717, 1.165) is 40.0 Å². The molecule has 3 heterocycles. The number of aromatic nitrogens is 4. The third-order valence-electron chi connectivity index (χ3n) is 5.76. The molecule has 3 aromatic heterocycles. The molecule has 0 saturated carbocycles. The summed E-state index contributed by atoms with van der Waals surface area (Å²) in [5.41, 5.74) is 7.21. The zero-order valence-electron chi connectivity index (χ0n) is 18.6. The Kier molecular flexibility index (Phi) is 5.55. The van der Waals surface area contributed by atoms with E-state index in [-0.39, 0.29) is 11.9 Å². The minimum atomic E-state index is -0.109. The van der Waals surface area contributed by atoms with Crippen molar-refractivity contribution in [3.8, 4) is 11.4 Å². The SMILES string of the molecule is Cc1nn(C)c(C)c1CC(C)NC(=O)c1cc(-c2ccccn2)nc2c(C)cccc12. The number of hydrogen-bond donors (Lipinski definition) is 1. The van der Waals surface area contributed by atoms with Crippen molar-refractivity contribution >= 4 is 16.8 Å². The molecule has 158 valence electrons. The first kappa shape index (κ1) is 20.7. The molecule has 1 atom stereocenters. The van der Waals surface area contributed by atoms with Gasteiger partial charge in [0, 0.05) is 30.4 Å². The van der Waals surface area contributed by atoms with Crippen molar-refractivity contribution in [1.29, 1.82) is 0 Å². The molecule has 4 rings (SSSR count). The number of rotatable bonds is 5. The lowest BCUT2D eigenvalue weighted by Gasteiger charge is -2.16. The van der Waals surface area contributed by atoms with Crippen LogP contribution in [0.5, 0.6) is 0 Å². The molecule has 1 N–H and O–H groups in total. The summed E-state index contributed by atoms with van der Waals surface area (Å²) in [6, 6.07) is 13.4. The van der Waals surface area contributed by atoms with Gasteiger partial charge in [0.1, 0.15) is 0 Å². The van der Waals surface area contributed by atoms with Gasteiger partial charge >= 0.3 is 0 Å². The normalized spacial score (nSPS) is 12.2. The van der Waals surface area contributed by atoms with Crippen LogP contribution in [0.2, 0.25) is 0 Å². The van der Waals surface area contributed by atoms with Crippen LogP contribution in [0.3, 0.4) is 0 Å². The lowest BCUT2D eigenvalue weighted by atomic mass is 10.0. The quantitative estimate of drug-likeness (QED) is 0.529. The van der Waals surface area contributed by atoms with E-state index in [1.165, 1.54) is 5.56 Å². The third-order valence-corrected chi connectivity index (χ3v) is 5.76. The van der Waals surface area contributed by atoms with E-state index in [9.17, 15) is 4.79 Å². The number of carbonyl (C=O) groups is 1. The van der Waals surface area contributed by atoms with Gasteiger partial charge in [-0.1, -0.05) is 24.3 Å². The van der Waals surface area contributed by atoms with Gasteiger partial charge in [0.25, 0.3) is 5.91 Å². The lowest BCUT2D eigenvalue weighted by Crippen LogP contribution is -2.34. The molecular formula is C25H27N5O. The molecule has 0 aliphatic rings. The molecular weight excluding hydrogens is 386 g/mol. The molecule has 0 fully saturated rings. The standard InChI is InChI=1S/C25H27N5O/c1-15-9-8-10-19-21(14-23(28-24(15)19)22-11-6-7-12-26-22)25(31)27-16(2)13-20-17(3)29-30(5)18(20)4/h6-12,14,16H,13H2,1-5H3,(H,27,31). The van der Waals surface area contributed by atoms with E-state index in [0.29, 0.717) is 11.3 Å². The Morgan fingerprint density at radius 2 is 1.90 bits per heavy atom. The smallest absolute Gasteiger partial charge is 0.252 e. The van der Waals surface area contributed by atoms with Crippen molar-refractivity contribution in [2.24, 2.45) is 7.05 Å². The van der Waals surface area contributed by atoms with Gasteiger partial charge in [0.15, 0.2) is 0 Å². The minimum Gasteiger partial charge on any atom is -0.349 e. The Morgan fingerprint density at radius 3 is 2.58 bits per heavy atom. The van der Waals surface area contributed by atoms with Crippen LogP contribution in [0, 0.1) is 20.8 Å². The van der Waals surface area contributed by atoms with Crippen LogP contribution in [-0.2, 0) is 13.5 Å². The Labute approximate surface area is 182 Å². The van der Waals surface area contributed by atoms with Crippen molar-refractivity contribution in [2.45, 2.75) is 40.2 Å². The molecule has 1 amide bonds. The summed E-state index contributed by atoms with van der Waals surface area (Å²) < 4.78 is 1.89. The number of nitrogens with zero attached hydrogens (tertiary/aromatic N) is 4. The molecule has 0 bridgehead atoms. The fraction of sp³-hybridized carbons (Fsp3) is 0.280. The summed E-state index contributed by atoms with van der Waals surface area (Å²) in [6.07, 6.45) is 2.46. The summed E-state index contributed by atoms with van der Waals surface area (Å²) in [5, 5.41) is 8.51. The van der Waals surface area contributed by atoms with Crippen LogP contribution in [0.1, 0.15) is 39.8 Å². The molecule has 0 spiro atoms. The van der Waals surface area contributed by atoms with Gasteiger partial charge in [-0.3, -0.25) is 14.5 Å². The second kappa shape index (κ2) is 8.30. The molecule has 0 saturated heterocycles. The van der Waals surface area contributed by atoms with Crippen LogP contribution in [0.15, 0.2) is 48.7 Å². The zero-order chi connectivity index (χ0) is 22.1. The van der Waals surface area contributed by atoms with Crippen LogP contribution >= 0.6 is 0 Å². The van der Waals surface area contributed by atoms with Gasteiger partial charge in [-0.25, -0.2) is 4.98 Å². The van der Waals surface area contributed by atoms with Crippen molar-refractivity contribution in [3.63, 3.8) is 0 Å². The predicted octanol–water partition coefficient (Wildman–Crippen LogP) is 4.32. The van der Waals surface area contributed by atoms with E-state index >= 15 is 0 Å². The first-order valence-corrected chi connectivity index (χ1v) is 10.5. The maximum Gasteiger partial charge on any atom is 0.252 e. The van der Waals surface area contributed by atoms with Crippen LogP contribution in [0.4, 0.5) is 0 Å². The van der Waals surface area contributed by atoms with E-state index in [1.54, 1.807) is 6.20 Å². The number of aryl methyl sites for hydroxylation is 3. The number of amides is 1. The molecule has 0 aliphatic heterocycles. The molecule has 0 radical (unpaired) electrons. The highest BCUT2D eigenvalue weighted by Crippen LogP contribution is 2.26. The van der Waals surface area contributed by atoms with Crippen molar-refractivity contribution in [2.75, 3.05) is 0 Å². The van der Waals surface area contributed by atoms with Crippen LogP contribution in [-0.4, -0.2) is 31.7 Å². The summed E-state index contributed by atoms with van der Waals surface area (Å²) in [7, 11) is 1.94. The Hall–Kier alpha value is -3.54. The highest BCUT2D eigenvalue weighted by atomic mass is 16.1. The minimum absolute atomic E-state index is 0.0413. The summed E-state index contributed by atoms with van der Waals surface area (Å²) in [5.74, 6) is -0.109. The second-order valence-corrected chi connectivity index (χ2v) is 8.09. The number of benzene rings is 1. The number of para-hydroxylation sites is 1. The Bertz CT molecular complexity index is 1260. The lowest BCUT2D eigenvalue weighted by molar-refractivity contribution is 0.0941. The van der Waals surface area contributed by atoms with Crippen molar-refractivity contribution in [3.05, 3.63) is 76.7 Å². The number of nitrogens with one attached hydrogen (secondary N) is 1. The summed E-state index contributed by atoms with van der Waals surface area (Å²) >= 11 is 0. The van der Waals surface area contributed by atoms with Crippen LogP contribution < -0.4 is 5.32 Å². The average molecular weight is 414 g/mol. The van der Waals surface area contributed by atoms with Gasteiger partial charge < -0.3 is 5.32 Å². The number of fused-ring (bicyclic) bond motifs is 1. The molecule has 6 heteroatoms. The first-order chi connectivity index (χ1) is 14.8. The topological polar surface area (TPSA) is 72.7 Å². The number of hydrogen-bond acceptors (Lipinski definition) is 4. The molecule has 0 aliphatic carbocycles. The monoisotopic (exact) mass is 413 g/mol. The third kappa shape index (κ3) is 4.06. The molecule has 4 aromatic rings. The summed E-state index contributed by atoms with van der Waals surface area (Å²) in [4.78, 5) is 22.6. The largest absolute Gasteiger partial charge is 0.349 e. The van der Waals surface area contributed by atoms with Crippen molar-refractivity contribution < 1.29 is 4.79 Å². The molecule has 1 unspecified atom stereocenters. The van der Waals surface area contributed by atoms with Gasteiger partial charge in [-0.05, 0) is 63.4 Å².